The zero-order valence-electron chi connectivity index (χ0n) is 7.35. The van der Waals surface area contributed by atoms with E-state index < -0.39 is 0 Å². The van der Waals surface area contributed by atoms with E-state index >= 15 is 0 Å². The van der Waals surface area contributed by atoms with Crippen LogP contribution in [0.4, 0.5) is 0 Å². The molecule has 1 aromatic rings. The summed E-state index contributed by atoms with van der Waals surface area (Å²) >= 11 is 4.94. The lowest BCUT2D eigenvalue weighted by atomic mass is 9.89. The van der Waals surface area contributed by atoms with Crippen LogP contribution in [0.3, 0.4) is 0 Å². The van der Waals surface area contributed by atoms with Gasteiger partial charge >= 0.3 is 0 Å². The predicted molar refractivity (Wildman–Crippen MR) is 56.1 cm³/mol. The Labute approximate surface area is 84.9 Å². The molecule has 1 aromatic heterocycles. The monoisotopic (exact) mass is 246 g/mol. The highest BCUT2D eigenvalue weighted by atomic mass is 79.9. The largest absolute Gasteiger partial charge is 0.297 e. The van der Waals surface area contributed by atoms with Gasteiger partial charge in [-0.15, -0.1) is 11.3 Å². The van der Waals surface area contributed by atoms with Gasteiger partial charge in [-0.1, -0.05) is 20.8 Å². The number of rotatable bonds is 1. The van der Waals surface area contributed by atoms with Crippen LogP contribution in [0.15, 0.2) is 9.85 Å². The van der Waals surface area contributed by atoms with Crippen LogP contribution in [0.25, 0.3) is 0 Å². The quantitative estimate of drug-likeness (QED) is 0.692. The molecule has 12 heavy (non-hydrogen) atoms. The molecule has 0 amide bonds. The van der Waals surface area contributed by atoms with Crippen molar-refractivity contribution in [2.45, 2.75) is 26.2 Å². The van der Waals surface area contributed by atoms with Crippen molar-refractivity contribution in [3.8, 4) is 0 Å². The van der Waals surface area contributed by atoms with E-state index in [1.54, 1.807) is 0 Å². The Hall–Kier alpha value is -0.150. The Bertz CT molecular complexity index is 296. The zero-order valence-corrected chi connectivity index (χ0v) is 9.75. The summed E-state index contributed by atoms with van der Waals surface area (Å²) in [5.41, 5.74) is 1.31. The van der Waals surface area contributed by atoms with Gasteiger partial charge in [-0.2, -0.15) is 0 Å². The van der Waals surface area contributed by atoms with E-state index in [4.69, 9.17) is 0 Å². The fourth-order valence-corrected chi connectivity index (χ4v) is 3.13. The molecule has 0 aromatic carbocycles. The zero-order chi connectivity index (χ0) is 9.35. The van der Waals surface area contributed by atoms with Crippen molar-refractivity contribution >= 4 is 33.6 Å². The van der Waals surface area contributed by atoms with Crippen molar-refractivity contribution in [3.05, 3.63) is 20.3 Å². The van der Waals surface area contributed by atoms with Crippen molar-refractivity contribution in [1.29, 1.82) is 0 Å². The molecule has 0 saturated carbocycles. The van der Waals surface area contributed by atoms with Crippen LogP contribution in [0.5, 0.6) is 0 Å². The molecule has 0 aliphatic carbocycles. The van der Waals surface area contributed by atoms with E-state index in [0.717, 1.165) is 14.9 Å². The smallest absolute Gasteiger partial charge is 0.160 e. The predicted octanol–water partition coefficient (Wildman–Crippen LogP) is 3.62. The standard InChI is InChI=1S/C9H11BrOS/c1-9(2,3)7-4-6(5-11)12-8(7)10/h4-5H,1-3H3. The van der Waals surface area contributed by atoms with E-state index in [0.29, 0.717) is 0 Å². The SMILES string of the molecule is CC(C)(C)c1cc(C=O)sc1Br. The average molecular weight is 247 g/mol. The Kier molecular flexibility index (Phi) is 2.74. The molecule has 0 fully saturated rings. The lowest BCUT2D eigenvalue weighted by Gasteiger charge is -2.17. The van der Waals surface area contributed by atoms with E-state index in [-0.39, 0.29) is 5.41 Å². The van der Waals surface area contributed by atoms with Gasteiger partial charge < -0.3 is 0 Å². The molecule has 0 spiro atoms. The summed E-state index contributed by atoms with van der Waals surface area (Å²) in [5, 5.41) is 0. The van der Waals surface area contributed by atoms with Crippen LogP contribution < -0.4 is 0 Å². The molecular weight excluding hydrogens is 236 g/mol. The average Bonchev–Trinajstić information content (AvgIpc) is 2.29. The fourth-order valence-electron chi connectivity index (χ4n) is 0.956. The summed E-state index contributed by atoms with van der Waals surface area (Å²) in [5.74, 6) is 0. The van der Waals surface area contributed by atoms with Gasteiger partial charge in [0.05, 0.1) is 8.66 Å². The minimum atomic E-state index is 0.108. The fraction of sp³-hybridized carbons (Fsp3) is 0.444. The number of carbonyl (C=O) groups excluding carboxylic acids is 1. The second kappa shape index (κ2) is 3.30. The molecule has 3 heteroatoms. The third kappa shape index (κ3) is 1.96. The maximum absolute atomic E-state index is 10.5. The highest BCUT2D eigenvalue weighted by molar-refractivity contribution is 9.11. The molecule has 0 bridgehead atoms. The molecule has 0 unspecified atom stereocenters. The second-order valence-electron chi connectivity index (χ2n) is 3.70. The van der Waals surface area contributed by atoms with Crippen molar-refractivity contribution < 1.29 is 4.79 Å². The summed E-state index contributed by atoms with van der Waals surface area (Å²) in [6.07, 6.45) is 0.894. The van der Waals surface area contributed by atoms with E-state index in [9.17, 15) is 4.79 Å². The maximum atomic E-state index is 10.5. The van der Waals surface area contributed by atoms with Gasteiger partial charge in [0.15, 0.2) is 6.29 Å². The van der Waals surface area contributed by atoms with Crippen molar-refractivity contribution in [3.63, 3.8) is 0 Å². The number of aldehydes is 1. The van der Waals surface area contributed by atoms with Gasteiger partial charge in [0, 0.05) is 0 Å². The molecule has 0 atom stereocenters. The molecule has 66 valence electrons. The third-order valence-corrected chi connectivity index (χ3v) is 3.39. The van der Waals surface area contributed by atoms with Gasteiger partial charge in [-0.3, -0.25) is 4.79 Å². The number of halogens is 1. The van der Waals surface area contributed by atoms with E-state index in [1.165, 1.54) is 16.9 Å². The minimum Gasteiger partial charge on any atom is -0.297 e. The molecule has 1 nitrogen and oxygen atoms in total. The Morgan fingerprint density at radius 1 is 1.50 bits per heavy atom. The normalized spacial score (nSPS) is 11.7. The topological polar surface area (TPSA) is 17.1 Å². The molecule has 0 radical (unpaired) electrons. The summed E-state index contributed by atoms with van der Waals surface area (Å²) in [7, 11) is 0. The Morgan fingerprint density at radius 2 is 2.08 bits per heavy atom. The third-order valence-electron chi connectivity index (χ3n) is 1.63. The summed E-state index contributed by atoms with van der Waals surface area (Å²) in [6, 6.07) is 1.95. The van der Waals surface area contributed by atoms with Crippen molar-refractivity contribution in [1.82, 2.24) is 0 Å². The number of hydrogen-bond donors (Lipinski definition) is 0. The van der Waals surface area contributed by atoms with Crippen LogP contribution in [0, 0.1) is 0 Å². The number of thiophene rings is 1. The first-order chi connectivity index (χ1) is 5.45. The molecular formula is C9H11BrOS. The van der Waals surface area contributed by atoms with Gasteiger partial charge in [0.2, 0.25) is 0 Å². The van der Waals surface area contributed by atoms with Gasteiger partial charge in [-0.05, 0) is 33.0 Å². The van der Waals surface area contributed by atoms with E-state index in [1.807, 2.05) is 6.07 Å². The summed E-state index contributed by atoms with van der Waals surface area (Å²) in [4.78, 5) is 11.3. The van der Waals surface area contributed by atoms with Gasteiger partial charge in [-0.25, -0.2) is 0 Å². The number of carbonyl (C=O) groups is 1. The molecule has 0 N–H and O–H groups in total. The van der Waals surface area contributed by atoms with Gasteiger partial charge in [0.25, 0.3) is 0 Å². The Balaban J connectivity index is 3.16. The molecule has 1 heterocycles. The number of hydrogen-bond acceptors (Lipinski definition) is 2. The first-order valence-corrected chi connectivity index (χ1v) is 5.31. The molecule has 0 saturated heterocycles. The van der Waals surface area contributed by atoms with E-state index in [2.05, 4.69) is 36.7 Å². The Morgan fingerprint density at radius 3 is 2.33 bits per heavy atom. The highest BCUT2D eigenvalue weighted by Gasteiger charge is 2.19. The first kappa shape index (κ1) is 9.93. The van der Waals surface area contributed by atoms with Crippen LogP contribution in [0.1, 0.15) is 36.0 Å². The van der Waals surface area contributed by atoms with Crippen LogP contribution in [-0.4, -0.2) is 6.29 Å². The van der Waals surface area contributed by atoms with Crippen molar-refractivity contribution in [2.24, 2.45) is 0 Å². The van der Waals surface area contributed by atoms with Crippen LogP contribution in [0.2, 0.25) is 0 Å². The molecule has 0 aliphatic rings. The minimum absolute atomic E-state index is 0.108. The van der Waals surface area contributed by atoms with Crippen molar-refractivity contribution in [2.75, 3.05) is 0 Å². The molecule has 0 aliphatic heterocycles. The highest BCUT2D eigenvalue weighted by Crippen LogP contribution is 2.35. The lowest BCUT2D eigenvalue weighted by Crippen LogP contribution is -2.09. The van der Waals surface area contributed by atoms with Crippen LogP contribution >= 0.6 is 27.3 Å². The summed E-state index contributed by atoms with van der Waals surface area (Å²) in [6.45, 7) is 6.40. The van der Waals surface area contributed by atoms with Crippen LogP contribution in [-0.2, 0) is 5.41 Å². The van der Waals surface area contributed by atoms with Gasteiger partial charge in [0.1, 0.15) is 0 Å². The second-order valence-corrected chi connectivity index (χ2v) is 6.11. The molecule has 1 rings (SSSR count). The summed E-state index contributed by atoms with van der Waals surface area (Å²) < 4.78 is 1.07. The maximum Gasteiger partial charge on any atom is 0.160 e. The lowest BCUT2D eigenvalue weighted by molar-refractivity contribution is 0.112. The first-order valence-electron chi connectivity index (χ1n) is 3.70.